The second-order valence-corrected chi connectivity index (χ2v) is 5.32. The van der Waals surface area contributed by atoms with E-state index in [9.17, 15) is 13.2 Å². The lowest BCUT2D eigenvalue weighted by Crippen LogP contribution is -2.19. The first-order valence-electron chi connectivity index (χ1n) is 6.43. The first-order chi connectivity index (χ1) is 8.70. The second kappa shape index (κ2) is 6.17. The van der Waals surface area contributed by atoms with Crippen molar-refractivity contribution in [3.63, 3.8) is 0 Å². The molecule has 108 valence electrons. The quantitative estimate of drug-likeness (QED) is 0.774. The molecular weight excluding hydrogens is 253 g/mol. The zero-order valence-corrected chi connectivity index (χ0v) is 11.5. The van der Waals surface area contributed by atoms with Gasteiger partial charge in [0.15, 0.2) is 0 Å². The predicted molar refractivity (Wildman–Crippen MR) is 73.0 cm³/mol. The summed E-state index contributed by atoms with van der Waals surface area (Å²) in [5, 5.41) is 2.92. The normalized spacial score (nSPS) is 13.6. The number of hydrogen-bond donors (Lipinski definition) is 2. The number of benzene rings is 1. The van der Waals surface area contributed by atoms with Gasteiger partial charge in [0.25, 0.3) is 0 Å². The van der Waals surface area contributed by atoms with E-state index < -0.39 is 11.7 Å². The molecule has 19 heavy (non-hydrogen) atoms. The molecule has 0 spiro atoms. The molecule has 0 saturated carbocycles. The van der Waals surface area contributed by atoms with Crippen LogP contribution >= 0.6 is 0 Å². The minimum absolute atomic E-state index is 0.00729. The fourth-order valence-corrected chi connectivity index (χ4v) is 1.84. The van der Waals surface area contributed by atoms with Gasteiger partial charge in [0, 0.05) is 17.4 Å². The van der Waals surface area contributed by atoms with Crippen molar-refractivity contribution in [2.45, 2.75) is 45.8 Å². The van der Waals surface area contributed by atoms with Crippen LogP contribution in [0.25, 0.3) is 0 Å². The highest BCUT2D eigenvalue weighted by Crippen LogP contribution is 2.36. The van der Waals surface area contributed by atoms with Gasteiger partial charge in [0.1, 0.15) is 0 Å². The topological polar surface area (TPSA) is 38.0 Å². The number of halogens is 3. The van der Waals surface area contributed by atoms with Crippen molar-refractivity contribution >= 4 is 11.4 Å². The number of anilines is 2. The molecular formula is C14H21F3N2. The molecule has 0 bridgehead atoms. The third-order valence-electron chi connectivity index (χ3n) is 2.93. The molecule has 0 heterocycles. The largest absolute Gasteiger partial charge is 0.418 e. The molecule has 1 aromatic rings. The Balaban J connectivity index is 2.83. The summed E-state index contributed by atoms with van der Waals surface area (Å²) < 4.78 is 38.7. The molecule has 0 aliphatic carbocycles. The predicted octanol–water partition coefficient (Wildman–Crippen LogP) is 4.52. The summed E-state index contributed by atoms with van der Waals surface area (Å²) in [4.78, 5) is 0. The van der Waals surface area contributed by atoms with Crippen LogP contribution in [0.3, 0.4) is 0 Å². The van der Waals surface area contributed by atoms with Crippen LogP contribution in [0.2, 0.25) is 0 Å². The Morgan fingerprint density at radius 3 is 2.32 bits per heavy atom. The van der Waals surface area contributed by atoms with Crippen LogP contribution in [0, 0.1) is 5.92 Å². The molecule has 0 amide bonds. The van der Waals surface area contributed by atoms with E-state index in [0.29, 0.717) is 5.92 Å². The lowest BCUT2D eigenvalue weighted by molar-refractivity contribution is -0.136. The van der Waals surface area contributed by atoms with E-state index in [1.165, 1.54) is 12.1 Å². The molecule has 0 fully saturated rings. The molecule has 2 nitrogen and oxygen atoms in total. The van der Waals surface area contributed by atoms with Crippen LogP contribution in [0.1, 0.15) is 39.2 Å². The fraction of sp³-hybridized carbons (Fsp3) is 0.571. The highest BCUT2D eigenvalue weighted by molar-refractivity contribution is 5.59. The standard InChI is InChI=1S/C14H21F3N2/c1-9(2)4-5-10(3)19-13-7-6-11(18)8-12(13)14(15,16)17/h6-10,19H,4-5,18H2,1-3H3. The van der Waals surface area contributed by atoms with E-state index in [1.807, 2.05) is 6.92 Å². The zero-order valence-electron chi connectivity index (χ0n) is 11.5. The highest BCUT2D eigenvalue weighted by Gasteiger charge is 2.33. The highest BCUT2D eigenvalue weighted by atomic mass is 19.4. The SMILES string of the molecule is CC(C)CCC(C)Nc1ccc(N)cc1C(F)(F)F. The molecule has 0 aliphatic rings. The number of rotatable bonds is 5. The van der Waals surface area contributed by atoms with E-state index >= 15 is 0 Å². The first kappa shape index (κ1) is 15.7. The minimum Gasteiger partial charge on any atom is -0.399 e. The molecule has 5 heteroatoms. The number of alkyl halides is 3. The minimum atomic E-state index is -4.39. The van der Waals surface area contributed by atoms with Gasteiger partial charge in [-0.25, -0.2) is 0 Å². The number of hydrogen-bond acceptors (Lipinski definition) is 2. The Labute approximate surface area is 112 Å². The Bertz CT molecular complexity index is 414. The molecule has 1 rings (SSSR count). The summed E-state index contributed by atoms with van der Waals surface area (Å²) in [5.41, 5.74) is 4.93. The Morgan fingerprint density at radius 1 is 1.16 bits per heavy atom. The van der Waals surface area contributed by atoms with Gasteiger partial charge in [-0.15, -0.1) is 0 Å². The molecule has 1 aromatic carbocycles. The molecule has 3 N–H and O–H groups in total. The summed E-state index contributed by atoms with van der Waals surface area (Å²) in [7, 11) is 0. The van der Waals surface area contributed by atoms with Crippen LogP contribution in [-0.4, -0.2) is 6.04 Å². The molecule has 1 unspecified atom stereocenters. The van der Waals surface area contributed by atoms with E-state index in [-0.39, 0.29) is 17.4 Å². The van der Waals surface area contributed by atoms with Gasteiger partial charge in [-0.1, -0.05) is 13.8 Å². The monoisotopic (exact) mass is 274 g/mol. The molecule has 0 aliphatic heterocycles. The van der Waals surface area contributed by atoms with E-state index in [0.717, 1.165) is 18.9 Å². The Hall–Kier alpha value is -1.39. The average molecular weight is 274 g/mol. The zero-order chi connectivity index (χ0) is 14.6. The summed E-state index contributed by atoms with van der Waals surface area (Å²) in [6, 6.07) is 3.83. The van der Waals surface area contributed by atoms with Gasteiger partial charge in [-0.2, -0.15) is 13.2 Å². The fourth-order valence-electron chi connectivity index (χ4n) is 1.84. The maximum Gasteiger partial charge on any atom is 0.418 e. The van der Waals surface area contributed by atoms with Crippen LogP contribution in [0.15, 0.2) is 18.2 Å². The summed E-state index contributed by atoms with van der Waals surface area (Å²) in [5.74, 6) is 0.540. The smallest absolute Gasteiger partial charge is 0.399 e. The van der Waals surface area contributed by atoms with Gasteiger partial charge in [0.05, 0.1) is 5.56 Å². The molecule has 1 atom stereocenters. The first-order valence-corrected chi connectivity index (χ1v) is 6.43. The van der Waals surface area contributed by atoms with Crippen LogP contribution < -0.4 is 11.1 Å². The van der Waals surface area contributed by atoms with Gasteiger partial charge in [0.2, 0.25) is 0 Å². The van der Waals surface area contributed by atoms with E-state index in [2.05, 4.69) is 19.2 Å². The van der Waals surface area contributed by atoms with Crippen LogP contribution in [0.4, 0.5) is 24.5 Å². The Kier molecular flexibility index (Phi) is 5.09. The summed E-state index contributed by atoms with van der Waals surface area (Å²) in [6.07, 6.45) is -2.58. The van der Waals surface area contributed by atoms with Crippen molar-refractivity contribution in [1.82, 2.24) is 0 Å². The average Bonchev–Trinajstić information content (AvgIpc) is 2.27. The third kappa shape index (κ3) is 5.01. The third-order valence-corrected chi connectivity index (χ3v) is 2.93. The number of nitrogen functional groups attached to an aromatic ring is 1. The van der Waals surface area contributed by atoms with Gasteiger partial charge >= 0.3 is 6.18 Å². The Morgan fingerprint density at radius 2 is 1.79 bits per heavy atom. The van der Waals surface area contributed by atoms with Gasteiger partial charge in [-0.05, 0) is 43.9 Å². The van der Waals surface area contributed by atoms with E-state index in [4.69, 9.17) is 5.73 Å². The van der Waals surface area contributed by atoms with Crippen LogP contribution in [-0.2, 0) is 6.18 Å². The summed E-state index contributed by atoms with van der Waals surface area (Å²) in [6.45, 7) is 6.08. The number of nitrogens with two attached hydrogens (primary N) is 1. The van der Waals surface area contributed by atoms with Crippen molar-refractivity contribution < 1.29 is 13.2 Å². The molecule has 0 aromatic heterocycles. The van der Waals surface area contributed by atoms with Crippen molar-refractivity contribution in [3.8, 4) is 0 Å². The maximum absolute atomic E-state index is 12.9. The second-order valence-electron chi connectivity index (χ2n) is 5.32. The van der Waals surface area contributed by atoms with Crippen molar-refractivity contribution in [2.75, 3.05) is 11.1 Å². The molecule has 0 saturated heterocycles. The summed E-state index contributed by atoms with van der Waals surface area (Å²) >= 11 is 0. The van der Waals surface area contributed by atoms with Gasteiger partial charge in [-0.3, -0.25) is 0 Å². The van der Waals surface area contributed by atoms with Crippen molar-refractivity contribution in [1.29, 1.82) is 0 Å². The van der Waals surface area contributed by atoms with Crippen molar-refractivity contribution in [3.05, 3.63) is 23.8 Å². The van der Waals surface area contributed by atoms with Crippen molar-refractivity contribution in [2.24, 2.45) is 5.92 Å². The lowest BCUT2D eigenvalue weighted by atomic mass is 10.0. The molecule has 0 radical (unpaired) electrons. The lowest BCUT2D eigenvalue weighted by Gasteiger charge is -2.20. The maximum atomic E-state index is 12.9. The number of nitrogens with one attached hydrogen (secondary N) is 1. The van der Waals surface area contributed by atoms with Crippen LogP contribution in [0.5, 0.6) is 0 Å². The van der Waals surface area contributed by atoms with Gasteiger partial charge < -0.3 is 11.1 Å². The van der Waals surface area contributed by atoms with E-state index in [1.54, 1.807) is 0 Å².